The van der Waals surface area contributed by atoms with Crippen molar-refractivity contribution in [1.29, 1.82) is 5.26 Å². The first-order chi connectivity index (χ1) is 15.5. The van der Waals surface area contributed by atoms with Gasteiger partial charge in [0.1, 0.15) is 18.0 Å². The molecule has 0 saturated carbocycles. The lowest BCUT2D eigenvalue weighted by molar-refractivity contribution is -0.119. The fourth-order valence-corrected chi connectivity index (χ4v) is 4.78. The summed E-state index contributed by atoms with van der Waals surface area (Å²) in [5.74, 6) is -0.612. The van der Waals surface area contributed by atoms with Crippen molar-refractivity contribution in [2.75, 3.05) is 36.0 Å². The number of halogens is 1. The number of hydrogen-bond acceptors (Lipinski definition) is 6. The molecule has 2 aliphatic heterocycles. The Morgan fingerprint density at radius 3 is 2.75 bits per heavy atom. The van der Waals surface area contributed by atoms with E-state index in [1.54, 1.807) is 23.5 Å². The van der Waals surface area contributed by atoms with E-state index < -0.39 is 18.0 Å². The van der Waals surface area contributed by atoms with Crippen LogP contribution >= 0.6 is 11.3 Å². The highest BCUT2D eigenvalue weighted by Crippen LogP contribution is 2.33. The first kappa shape index (κ1) is 21.8. The number of carbonyl (C=O) groups is 2. The topological polar surface area (TPSA) is 85.7 Å². The zero-order chi connectivity index (χ0) is 22.7. The average Bonchev–Trinajstić information content (AvgIpc) is 3.43. The molecule has 32 heavy (non-hydrogen) atoms. The van der Waals surface area contributed by atoms with Crippen molar-refractivity contribution >= 4 is 40.3 Å². The van der Waals surface area contributed by atoms with Crippen LogP contribution in [0.5, 0.6) is 0 Å². The molecule has 2 fully saturated rings. The van der Waals surface area contributed by atoms with Crippen LogP contribution in [0, 0.1) is 17.1 Å². The number of thiophene rings is 1. The number of nitrogens with zero attached hydrogens (tertiary/aromatic N) is 3. The summed E-state index contributed by atoms with van der Waals surface area (Å²) in [6, 6.07) is 10.9. The Bertz CT molecular complexity index is 1080. The summed E-state index contributed by atoms with van der Waals surface area (Å²) in [4.78, 5) is 27.6. The van der Waals surface area contributed by atoms with Gasteiger partial charge in [0.05, 0.1) is 30.0 Å². The smallest absolute Gasteiger partial charge is 0.414 e. The number of rotatable bonds is 5. The molecule has 1 N–H and O–H groups in total. The number of nitrogens with one attached hydrogen (secondary N) is 1. The number of benzene rings is 1. The van der Waals surface area contributed by atoms with E-state index in [0.29, 0.717) is 37.3 Å². The molecule has 166 valence electrons. The summed E-state index contributed by atoms with van der Waals surface area (Å²) in [7, 11) is 0. The molecule has 1 atom stereocenters. The van der Waals surface area contributed by atoms with Crippen LogP contribution in [0.4, 0.5) is 20.6 Å². The van der Waals surface area contributed by atoms with E-state index in [1.165, 1.54) is 17.9 Å². The molecule has 0 aliphatic carbocycles. The molecular weight excluding hydrogens is 431 g/mol. The third-order valence-electron chi connectivity index (χ3n) is 5.64. The van der Waals surface area contributed by atoms with Gasteiger partial charge in [0.2, 0.25) is 5.91 Å². The fourth-order valence-electron chi connectivity index (χ4n) is 4.01. The van der Waals surface area contributed by atoms with E-state index in [-0.39, 0.29) is 19.0 Å². The molecule has 2 aliphatic rings. The Hall–Kier alpha value is -3.38. The van der Waals surface area contributed by atoms with Crippen molar-refractivity contribution in [3.05, 3.63) is 52.0 Å². The molecule has 0 bridgehead atoms. The van der Waals surface area contributed by atoms with Crippen molar-refractivity contribution in [2.45, 2.75) is 25.9 Å². The van der Waals surface area contributed by atoms with Gasteiger partial charge in [-0.2, -0.15) is 5.26 Å². The molecule has 2 amide bonds. The number of cyclic esters (lactones) is 1. The normalized spacial score (nSPS) is 18.3. The number of anilines is 2. The van der Waals surface area contributed by atoms with E-state index >= 15 is 0 Å². The zero-order valence-corrected chi connectivity index (χ0v) is 18.5. The lowest BCUT2D eigenvalue weighted by atomic mass is 9.97. The second-order valence-electron chi connectivity index (χ2n) is 7.74. The van der Waals surface area contributed by atoms with Crippen molar-refractivity contribution in [1.82, 2.24) is 5.32 Å². The molecular formula is C23H23FN4O3S. The maximum Gasteiger partial charge on any atom is 0.414 e. The minimum atomic E-state index is -0.558. The highest BCUT2D eigenvalue weighted by molar-refractivity contribution is 7.11. The highest BCUT2D eigenvalue weighted by atomic mass is 32.1. The molecule has 4 rings (SSSR count). The van der Waals surface area contributed by atoms with Crippen LogP contribution in [-0.4, -0.2) is 44.3 Å². The Balaban J connectivity index is 1.43. The molecule has 2 aromatic rings. The molecule has 0 spiro atoms. The van der Waals surface area contributed by atoms with Gasteiger partial charge in [0.15, 0.2) is 0 Å². The summed E-state index contributed by atoms with van der Waals surface area (Å²) < 4.78 is 20.2. The zero-order valence-electron chi connectivity index (χ0n) is 17.6. The largest absolute Gasteiger partial charge is 0.442 e. The van der Waals surface area contributed by atoms with Crippen LogP contribution in [0.15, 0.2) is 41.3 Å². The maximum absolute atomic E-state index is 15.0. The maximum atomic E-state index is 15.0. The number of hydrogen-bond donors (Lipinski definition) is 1. The van der Waals surface area contributed by atoms with Gasteiger partial charge < -0.3 is 15.0 Å². The molecule has 0 radical (unpaired) electrons. The van der Waals surface area contributed by atoms with Crippen molar-refractivity contribution in [3.8, 4) is 6.07 Å². The minimum absolute atomic E-state index is 0.202. The predicted octanol–water partition coefficient (Wildman–Crippen LogP) is 3.93. The Labute approximate surface area is 189 Å². The summed E-state index contributed by atoms with van der Waals surface area (Å²) in [6.45, 7) is 3.10. The van der Waals surface area contributed by atoms with Gasteiger partial charge >= 0.3 is 6.09 Å². The molecule has 1 aromatic carbocycles. The summed E-state index contributed by atoms with van der Waals surface area (Å²) >= 11 is 1.55. The Morgan fingerprint density at radius 2 is 2.12 bits per heavy atom. The third kappa shape index (κ3) is 4.60. The van der Waals surface area contributed by atoms with Crippen LogP contribution in [0.2, 0.25) is 0 Å². The van der Waals surface area contributed by atoms with Crippen LogP contribution in [0.25, 0.3) is 5.57 Å². The predicted molar refractivity (Wildman–Crippen MR) is 121 cm³/mol. The van der Waals surface area contributed by atoms with Crippen LogP contribution in [-0.2, 0) is 9.53 Å². The van der Waals surface area contributed by atoms with Crippen LogP contribution in [0.3, 0.4) is 0 Å². The number of allylic oxidation sites excluding steroid dienone is 1. The second kappa shape index (κ2) is 9.40. The first-order valence-electron chi connectivity index (χ1n) is 10.4. The van der Waals surface area contributed by atoms with Gasteiger partial charge in [-0.3, -0.25) is 9.69 Å². The summed E-state index contributed by atoms with van der Waals surface area (Å²) in [5, 5.41) is 14.2. The quantitative estimate of drug-likeness (QED) is 0.692. The molecule has 1 aromatic heterocycles. The lowest BCUT2D eigenvalue weighted by Crippen LogP contribution is -2.33. The number of piperidine rings is 1. The second-order valence-corrected chi connectivity index (χ2v) is 8.69. The van der Waals surface area contributed by atoms with Gasteiger partial charge in [-0.1, -0.05) is 6.07 Å². The van der Waals surface area contributed by atoms with E-state index in [0.717, 1.165) is 16.0 Å². The fraction of sp³-hybridized carbons (Fsp3) is 0.348. The van der Waals surface area contributed by atoms with Gasteiger partial charge in [-0.15, -0.1) is 11.3 Å². The van der Waals surface area contributed by atoms with Crippen molar-refractivity contribution in [2.24, 2.45) is 0 Å². The standard InChI is InChI=1S/C23H23FN4O3S/c1-15(29)26-13-18-14-28(23(30)31-18)17-4-5-21(20(24)11-17)27-8-6-16(7-9-27)19(12-25)22-3-2-10-32-22/h2-5,10-11,18H,6-9,13-14H2,1H3,(H,26,29)/t18-/m0/s1. The third-order valence-corrected chi connectivity index (χ3v) is 6.52. The van der Waals surface area contributed by atoms with Crippen molar-refractivity contribution in [3.63, 3.8) is 0 Å². The highest BCUT2D eigenvalue weighted by Gasteiger charge is 2.33. The van der Waals surface area contributed by atoms with Gasteiger partial charge in [-0.05, 0) is 48.1 Å². The number of ether oxygens (including phenoxy) is 1. The molecule has 0 unspecified atom stereocenters. The van der Waals surface area contributed by atoms with Crippen LogP contribution < -0.4 is 15.1 Å². The van der Waals surface area contributed by atoms with Gasteiger partial charge in [0.25, 0.3) is 0 Å². The summed E-state index contributed by atoms with van der Waals surface area (Å²) in [5.41, 5.74) is 2.73. The number of nitriles is 1. The van der Waals surface area contributed by atoms with E-state index in [9.17, 15) is 19.2 Å². The van der Waals surface area contributed by atoms with Crippen molar-refractivity contribution < 1.29 is 18.7 Å². The molecule has 9 heteroatoms. The molecule has 2 saturated heterocycles. The van der Waals surface area contributed by atoms with E-state index in [4.69, 9.17) is 4.74 Å². The lowest BCUT2D eigenvalue weighted by Gasteiger charge is -2.31. The summed E-state index contributed by atoms with van der Waals surface area (Å²) in [6.07, 6.45) is 0.369. The molecule has 7 nitrogen and oxygen atoms in total. The Morgan fingerprint density at radius 1 is 1.34 bits per heavy atom. The molecule has 3 heterocycles. The van der Waals surface area contributed by atoms with E-state index in [2.05, 4.69) is 11.4 Å². The van der Waals surface area contributed by atoms with Gasteiger partial charge in [0, 0.05) is 24.9 Å². The van der Waals surface area contributed by atoms with Gasteiger partial charge in [-0.25, -0.2) is 9.18 Å². The SMILES string of the molecule is CC(=O)NC[C@H]1CN(c2ccc(N3CCC(=C(C#N)c4cccs4)CC3)c(F)c2)C(=O)O1. The minimum Gasteiger partial charge on any atom is -0.442 e. The Kier molecular flexibility index (Phi) is 6.42. The average molecular weight is 455 g/mol. The van der Waals surface area contributed by atoms with Crippen LogP contribution in [0.1, 0.15) is 24.6 Å². The number of carbonyl (C=O) groups excluding carboxylic acids is 2. The first-order valence-corrected chi connectivity index (χ1v) is 11.3. The monoisotopic (exact) mass is 454 g/mol. The number of amides is 2. The van der Waals surface area contributed by atoms with E-state index in [1.807, 2.05) is 22.4 Å².